The van der Waals surface area contributed by atoms with Gasteiger partial charge in [0.05, 0.1) is 6.61 Å². The van der Waals surface area contributed by atoms with E-state index in [1.54, 1.807) is 0 Å². The van der Waals surface area contributed by atoms with E-state index in [4.69, 9.17) is 10.5 Å². The molecular formula is C17H29N3O. The number of ether oxygens (including phenoxy) is 1. The topological polar surface area (TPSA) is 41.7 Å². The molecule has 0 spiro atoms. The second kappa shape index (κ2) is 8.37. The summed E-state index contributed by atoms with van der Waals surface area (Å²) in [6, 6.07) is 8.75. The molecule has 2 N–H and O–H groups in total. The van der Waals surface area contributed by atoms with Crippen LogP contribution in [0.3, 0.4) is 0 Å². The molecule has 1 aromatic carbocycles. The van der Waals surface area contributed by atoms with E-state index in [0.717, 1.165) is 30.9 Å². The van der Waals surface area contributed by atoms with Crippen LogP contribution in [0.2, 0.25) is 0 Å². The minimum Gasteiger partial charge on any atom is -0.493 e. The number of nitrogens with two attached hydrogens (primary N) is 1. The Kier molecular flexibility index (Phi) is 6.49. The second-order valence-corrected chi connectivity index (χ2v) is 5.86. The second-order valence-electron chi connectivity index (χ2n) is 5.86. The summed E-state index contributed by atoms with van der Waals surface area (Å²) < 4.78 is 5.88. The molecule has 1 heterocycles. The van der Waals surface area contributed by atoms with Gasteiger partial charge in [0.15, 0.2) is 0 Å². The Morgan fingerprint density at radius 1 is 1.29 bits per heavy atom. The van der Waals surface area contributed by atoms with Gasteiger partial charge in [0.25, 0.3) is 0 Å². The summed E-state index contributed by atoms with van der Waals surface area (Å²) >= 11 is 0. The number of benzene rings is 1. The van der Waals surface area contributed by atoms with Crippen molar-refractivity contribution in [2.75, 3.05) is 39.8 Å². The molecule has 4 heteroatoms. The van der Waals surface area contributed by atoms with Crippen LogP contribution in [0.4, 0.5) is 0 Å². The van der Waals surface area contributed by atoms with Crippen molar-refractivity contribution >= 4 is 0 Å². The first-order chi connectivity index (χ1) is 10.2. The monoisotopic (exact) mass is 291 g/mol. The van der Waals surface area contributed by atoms with Crippen LogP contribution in [0.1, 0.15) is 25.3 Å². The number of para-hydroxylation sites is 1. The highest BCUT2D eigenvalue weighted by molar-refractivity contribution is 5.32. The first-order valence-corrected chi connectivity index (χ1v) is 8.08. The molecule has 1 fully saturated rings. The molecule has 1 unspecified atom stereocenters. The largest absolute Gasteiger partial charge is 0.493 e. The number of rotatable bonds is 7. The Balaban J connectivity index is 1.70. The quantitative estimate of drug-likeness (QED) is 0.780. The van der Waals surface area contributed by atoms with E-state index in [9.17, 15) is 0 Å². The third-order valence-electron chi connectivity index (χ3n) is 4.40. The van der Waals surface area contributed by atoms with Crippen LogP contribution in [0, 0.1) is 0 Å². The van der Waals surface area contributed by atoms with Crippen LogP contribution < -0.4 is 10.5 Å². The molecule has 0 aliphatic carbocycles. The van der Waals surface area contributed by atoms with Gasteiger partial charge >= 0.3 is 0 Å². The van der Waals surface area contributed by atoms with Gasteiger partial charge in [0, 0.05) is 44.3 Å². The van der Waals surface area contributed by atoms with Crippen molar-refractivity contribution in [1.82, 2.24) is 9.80 Å². The fourth-order valence-electron chi connectivity index (χ4n) is 2.94. The molecule has 0 aromatic heterocycles. The highest BCUT2D eigenvalue weighted by Gasteiger charge is 2.22. The zero-order chi connectivity index (χ0) is 15.1. The number of likely N-dealkylation sites (N-methyl/N-ethyl adjacent to an activating group) is 1. The Hall–Kier alpha value is -1.10. The smallest absolute Gasteiger partial charge is 0.123 e. The maximum absolute atomic E-state index is 5.88. The molecule has 0 bridgehead atoms. The van der Waals surface area contributed by atoms with Crippen molar-refractivity contribution < 1.29 is 4.74 Å². The van der Waals surface area contributed by atoms with Gasteiger partial charge in [-0.2, -0.15) is 0 Å². The van der Waals surface area contributed by atoms with E-state index in [-0.39, 0.29) is 0 Å². The van der Waals surface area contributed by atoms with E-state index in [1.165, 1.54) is 26.1 Å². The standard InChI is InChI=1S/C17H29N3O/c1-3-16-14-20(11-10-19(16)2)9-6-12-21-17-8-5-4-7-15(17)13-18/h4-5,7-8,16H,3,6,9-14,18H2,1-2H3. The van der Waals surface area contributed by atoms with E-state index in [2.05, 4.69) is 23.8 Å². The maximum atomic E-state index is 5.88. The zero-order valence-electron chi connectivity index (χ0n) is 13.4. The summed E-state index contributed by atoms with van der Waals surface area (Å²) in [5, 5.41) is 0. The zero-order valence-corrected chi connectivity index (χ0v) is 13.4. The van der Waals surface area contributed by atoms with Gasteiger partial charge in [-0.25, -0.2) is 0 Å². The lowest BCUT2D eigenvalue weighted by molar-refractivity contribution is 0.0890. The van der Waals surface area contributed by atoms with Gasteiger partial charge in [-0.05, 0) is 26.0 Å². The molecule has 118 valence electrons. The lowest BCUT2D eigenvalue weighted by atomic mass is 10.1. The molecule has 4 nitrogen and oxygen atoms in total. The molecule has 1 atom stereocenters. The SMILES string of the molecule is CCC1CN(CCCOc2ccccc2CN)CCN1C. The van der Waals surface area contributed by atoms with Crippen LogP contribution in [0.5, 0.6) is 5.75 Å². The molecule has 0 radical (unpaired) electrons. The van der Waals surface area contributed by atoms with E-state index >= 15 is 0 Å². The molecule has 1 aliphatic heterocycles. The van der Waals surface area contributed by atoms with E-state index < -0.39 is 0 Å². The average Bonchev–Trinajstić information content (AvgIpc) is 2.53. The fraction of sp³-hybridized carbons (Fsp3) is 0.647. The predicted octanol–water partition coefficient (Wildman–Crippen LogP) is 1.94. The van der Waals surface area contributed by atoms with Crippen LogP contribution in [-0.4, -0.2) is 55.7 Å². The summed E-state index contributed by atoms with van der Waals surface area (Å²) in [5.74, 6) is 0.935. The van der Waals surface area contributed by atoms with Crippen molar-refractivity contribution in [3.05, 3.63) is 29.8 Å². The van der Waals surface area contributed by atoms with Gasteiger partial charge in [-0.15, -0.1) is 0 Å². The molecular weight excluding hydrogens is 262 g/mol. The lowest BCUT2D eigenvalue weighted by Gasteiger charge is -2.39. The molecule has 0 amide bonds. The van der Waals surface area contributed by atoms with E-state index in [0.29, 0.717) is 12.6 Å². The van der Waals surface area contributed by atoms with Gasteiger partial charge in [0.2, 0.25) is 0 Å². The van der Waals surface area contributed by atoms with Crippen LogP contribution in [-0.2, 0) is 6.54 Å². The Morgan fingerprint density at radius 2 is 2.10 bits per heavy atom. The van der Waals surface area contributed by atoms with Gasteiger partial charge < -0.3 is 20.3 Å². The van der Waals surface area contributed by atoms with Crippen molar-refractivity contribution in [1.29, 1.82) is 0 Å². The minimum atomic E-state index is 0.535. The summed E-state index contributed by atoms with van der Waals surface area (Å²) in [6.07, 6.45) is 2.30. The van der Waals surface area contributed by atoms with Crippen LogP contribution in [0.25, 0.3) is 0 Å². The lowest BCUT2D eigenvalue weighted by Crippen LogP contribution is -2.51. The van der Waals surface area contributed by atoms with Crippen molar-refractivity contribution in [2.45, 2.75) is 32.4 Å². The highest BCUT2D eigenvalue weighted by atomic mass is 16.5. The number of hydrogen-bond acceptors (Lipinski definition) is 4. The van der Waals surface area contributed by atoms with Crippen LogP contribution in [0.15, 0.2) is 24.3 Å². The molecule has 1 aliphatic rings. The first kappa shape index (κ1) is 16.3. The summed E-state index contributed by atoms with van der Waals surface area (Å²) in [5.41, 5.74) is 6.81. The fourth-order valence-corrected chi connectivity index (χ4v) is 2.94. The normalized spacial score (nSPS) is 20.6. The Bertz CT molecular complexity index is 424. The third-order valence-corrected chi connectivity index (χ3v) is 4.40. The van der Waals surface area contributed by atoms with Crippen molar-refractivity contribution in [3.63, 3.8) is 0 Å². The number of hydrogen-bond donors (Lipinski definition) is 1. The summed E-state index contributed by atoms with van der Waals surface area (Å²) in [6.45, 7) is 8.23. The molecule has 0 saturated carbocycles. The average molecular weight is 291 g/mol. The summed E-state index contributed by atoms with van der Waals surface area (Å²) in [4.78, 5) is 5.04. The number of nitrogens with zero attached hydrogens (tertiary/aromatic N) is 2. The number of piperazine rings is 1. The first-order valence-electron chi connectivity index (χ1n) is 8.08. The highest BCUT2D eigenvalue weighted by Crippen LogP contribution is 2.17. The van der Waals surface area contributed by atoms with Crippen molar-refractivity contribution in [3.8, 4) is 5.75 Å². The van der Waals surface area contributed by atoms with Gasteiger partial charge in [-0.3, -0.25) is 0 Å². The molecule has 1 saturated heterocycles. The molecule has 2 rings (SSSR count). The van der Waals surface area contributed by atoms with Crippen molar-refractivity contribution in [2.24, 2.45) is 5.73 Å². The minimum absolute atomic E-state index is 0.535. The maximum Gasteiger partial charge on any atom is 0.123 e. The molecule has 21 heavy (non-hydrogen) atoms. The Labute approximate surface area is 128 Å². The molecule has 1 aromatic rings. The Morgan fingerprint density at radius 3 is 2.86 bits per heavy atom. The third kappa shape index (κ3) is 4.70. The van der Waals surface area contributed by atoms with Gasteiger partial charge in [0.1, 0.15) is 5.75 Å². The van der Waals surface area contributed by atoms with E-state index in [1.807, 2.05) is 24.3 Å². The van der Waals surface area contributed by atoms with Crippen LogP contribution >= 0.6 is 0 Å². The van der Waals surface area contributed by atoms with Gasteiger partial charge in [-0.1, -0.05) is 25.1 Å². The predicted molar refractivity (Wildman–Crippen MR) is 87.6 cm³/mol. The summed E-state index contributed by atoms with van der Waals surface area (Å²) in [7, 11) is 2.23.